The predicted octanol–water partition coefficient (Wildman–Crippen LogP) is -0.285. The maximum atomic E-state index is 11.7. The topological polar surface area (TPSA) is 105 Å². The Balaban J connectivity index is 2.68. The minimum atomic E-state index is -3.59. The first-order valence-corrected chi connectivity index (χ1v) is 6.37. The Hall–Kier alpha value is -1.18. The normalized spacial score (nSPS) is 11.6. The van der Waals surface area contributed by atoms with Crippen LogP contribution in [0, 0.1) is 0 Å². The van der Waals surface area contributed by atoms with Gasteiger partial charge >= 0.3 is 0 Å². The average Bonchev–Trinajstić information content (AvgIpc) is 2.25. The van der Waals surface area contributed by atoms with Crippen molar-refractivity contribution in [3.05, 3.63) is 18.3 Å². The smallest absolute Gasteiger partial charge is 0.244 e. The van der Waals surface area contributed by atoms with Gasteiger partial charge in [0.25, 0.3) is 0 Å². The van der Waals surface area contributed by atoms with Gasteiger partial charge in [0.05, 0.1) is 0 Å². The Morgan fingerprint density at radius 2 is 2.19 bits per heavy atom. The summed E-state index contributed by atoms with van der Waals surface area (Å²) in [6.07, 6.45) is 2.57. The van der Waals surface area contributed by atoms with E-state index in [1.165, 1.54) is 18.3 Å². The van der Waals surface area contributed by atoms with Crippen LogP contribution in [0.4, 0.5) is 5.82 Å². The predicted molar refractivity (Wildman–Crippen MR) is 60.2 cm³/mol. The highest BCUT2D eigenvalue weighted by atomic mass is 32.2. The maximum Gasteiger partial charge on any atom is 0.244 e. The highest BCUT2D eigenvalue weighted by Crippen LogP contribution is 2.13. The lowest BCUT2D eigenvalue weighted by atomic mass is 10.3. The standard InChI is InChI=1S/C9H15N3O3S/c10-9-8(4-3-5-11-9)16(14,15)12-6-1-2-7-13/h3-5,12-13H,1-2,6-7H2,(H2,10,11). The quantitative estimate of drug-likeness (QED) is 0.597. The molecule has 0 saturated carbocycles. The zero-order valence-corrected chi connectivity index (χ0v) is 9.57. The monoisotopic (exact) mass is 245 g/mol. The van der Waals surface area contributed by atoms with Crippen molar-refractivity contribution in [3.63, 3.8) is 0 Å². The average molecular weight is 245 g/mol. The van der Waals surface area contributed by atoms with Gasteiger partial charge in [0, 0.05) is 19.3 Å². The van der Waals surface area contributed by atoms with Gasteiger partial charge < -0.3 is 10.8 Å². The largest absolute Gasteiger partial charge is 0.396 e. The van der Waals surface area contributed by atoms with E-state index in [4.69, 9.17) is 10.8 Å². The molecular formula is C9H15N3O3S. The highest BCUT2D eigenvalue weighted by molar-refractivity contribution is 7.89. The minimum Gasteiger partial charge on any atom is -0.396 e. The Kier molecular flexibility index (Phi) is 4.66. The summed E-state index contributed by atoms with van der Waals surface area (Å²) in [4.78, 5) is 3.69. The molecule has 0 aliphatic heterocycles. The second kappa shape index (κ2) is 5.78. The van der Waals surface area contributed by atoms with Crippen LogP contribution in [0.3, 0.4) is 0 Å². The summed E-state index contributed by atoms with van der Waals surface area (Å²) in [6, 6.07) is 2.91. The molecule has 6 nitrogen and oxygen atoms in total. The number of hydrogen-bond donors (Lipinski definition) is 3. The molecule has 1 aromatic rings. The van der Waals surface area contributed by atoms with Crippen molar-refractivity contribution in [3.8, 4) is 0 Å². The number of hydrogen-bond acceptors (Lipinski definition) is 5. The van der Waals surface area contributed by atoms with E-state index in [-0.39, 0.29) is 23.9 Å². The Labute approximate surface area is 94.6 Å². The van der Waals surface area contributed by atoms with E-state index in [0.717, 1.165) is 0 Å². The van der Waals surface area contributed by atoms with Crippen LogP contribution in [0.2, 0.25) is 0 Å². The third-order valence-corrected chi connectivity index (χ3v) is 3.47. The van der Waals surface area contributed by atoms with Gasteiger partial charge in [0.2, 0.25) is 10.0 Å². The first kappa shape index (κ1) is 12.9. The summed E-state index contributed by atoms with van der Waals surface area (Å²) in [7, 11) is -3.59. The van der Waals surface area contributed by atoms with Crippen LogP contribution in [0.1, 0.15) is 12.8 Å². The van der Waals surface area contributed by atoms with Crippen LogP contribution in [-0.4, -0.2) is 31.7 Å². The van der Waals surface area contributed by atoms with E-state index >= 15 is 0 Å². The van der Waals surface area contributed by atoms with Gasteiger partial charge in [-0.1, -0.05) is 0 Å². The van der Waals surface area contributed by atoms with Crippen molar-refractivity contribution < 1.29 is 13.5 Å². The number of nitrogens with two attached hydrogens (primary N) is 1. The molecule has 7 heteroatoms. The summed E-state index contributed by atoms with van der Waals surface area (Å²) in [5.74, 6) is -0.0165. The Morgan fingerprint density at radius 1 is 1.44 bits per heavy atom. The lowest BCUT2D eigenvalue weighted by Crippen LogP contribution is -2.26. The van der Waals surface area contributed by atoms with Crippen molar-refractivity contribution >= 4 is 15.8 Å². The summed E-state index contributed by atoms with van der Waals surface area (Å²) in [6.45, 7) is 0.327. The number of unbranched alkanes of at least 4 members (excludes halogenated alkanes) is 1. The fraction of sp³-hybridized carbons (Fsp3) is 0.444. The van der Waals surface area contributed by atoms with Gasteiger partial charge in [-0.25, -0.2) is 18.1 Å². The molecule has 0 atom stereocenters. The molecule has 0 amide bonds. The van der Waals surface area contributed by atoms with E-state index in [1.807, 2.05) is 0 Å². The second-order valence-corrected chi connectivity index (χ2v) is 4.95. The third-order valence-electron chi connectivity index (χ3n) is 1.97. The van der Waals surface area contributed by atoms with Crippen LogP contribution in [0.5, 0.6) is 0 Å². The van der Waals surface area contributed by atoms with Crippen molar-refractivity contribution in [2.75, 3.05) is 18.9 Å². The molecule has 0 unspecified atom stereocenters. The molecule has 0 aliphatic rings. The Morgan fingerprint density at radius 3 is 2.81 bits per heavy atom. The molecule has 0 aliphatic carbocycles. The number of aliphatic hydroxyl groups is 1. The van der Waals surface area contributed by atoms with Crippen LogP contribution >= 0.6 is 0 Å². The lowest BCUT2D eigenvalue weighted by molar-refractivity contribution is 0.285. The van der Waals surface area contributed by atoms with Crippen LogP contribution in [0.15, 0.2) is 23.2 Å². The summed E-state index contributed by atoms with van der Waals surface area (Å²) in [5.41, 5.74) is 5.47. The van der Waals surface area contributed by atoms with Gasteiger partial charge in [0.15, 0.2) is 0 Å². The SMILES string of the molecule is Nc1ncccc1S(=O)(=O)NCCCCO. The highest BCUT2D eigenvalue weighted by Gasteiger charge is 2.16. The van der Waals surface area contributed by atoms with Gasteiger partial charge in [-0.3, -0.25) is 0 Å². The van der Waals surface area contributed by atoms with E-state index in [1.54, 1.807) is 0 Å². The fourth-order valence-electron chi connectivity index (χ4n) is 1.15. The summed E-state index contributed by atoms with van der Waals surface area (Å²) >= 11 is 0. The second-order valence-electron chi connectivity index (χ2n) is 3.22. The lowest BCUT2D eigenvalue weighted by Gasteiger charge is -2.07. The first-order valence-electron chi connectivity index (χ1n) is 4.89. The van der Waals surface area contributed by atoms with E-state index in [2.05, 4.69) is 9.71 Å². The van der Waals surface area contributed by atoms with Gasteiger partial charge in [0.1, 0.15) is 10.7 Å². The molecule has 90 valence electrons. The van der Waals surface area contributed by atoms with Gasteiger partial charge in [-0.15, -0.1) is 0 Å². The van der Waals surface area contributed by atoms with Crippen LogP contribution < -0.4 is 10.5 Å². The number of sulfonamides is 1. The zero-order chi connectivity index (χ0) is 12.0. The molecule has 4 N–H and O–H groups in total. The molecule has 0 bridgehead atoms. The molecule has 0 fully saturated rings. The summed E-state index contributed by atoms with van der Waals surface area (Å²) < 4.78 is 25.8. The van der Waals surface area contributed by atoms with Crippen molar-refractivity contribution in [1.82, 2.24) is 9.71 Å². The Bertz CT molecular complexity index is 433. The molecule has 1 heterocycles. The van der Waals surface area contributed by atoms with Crippen LogP contribution in [-0.2, 0) is 10.0 Å². The van der Waals surface area contributed by atoms with E-state index in [0.29, 0.717) is 12.8 Å². The summed E-state index contributed by atoms with van der Waals surface area (Å²) in [5, 5.41) is 8.55. The number of nitrogen functional groups attached to an aromatic ring is 1. The van der Waals surface area contributed by atoms with Gasteiger partial charge in [-0.05, 0) is 25.0 Å². The van der Waals surface area contributed by atoms with E-state index < -0.39 is 10.0 Å². The maximum absolute atomic E-state index is 11.7. The molecular weight excluding hydrogens is 230 g/mol. The number of rotatable bonds is 6. The first-order chi connectivity index (χ1) is 7.58. The number of aliphatic hydroxyl groups excluding tert-OH is 1. The molecule has 0 saturated heterocycles. The van der Waals surface area contributed by atoms with Crippen molar-refractivity contribution in [2.24, 2.45) is 0 Å². The van der Waals surface area contributed by atoms with Crippen molar-refractivity contribution in [1.29, 1.82) is 0 Å². The number of aromatic nitrogens is 1. The fourth-order valence-corrected chi connectivity index (χ4v) is 2.31. The number of anilines is 1. The zero-order valence-electron chi connectivity index (χ0n) is 8.76. The molecule has 0 radical (unpaired) electrons. The number of nitrogens with zero attached hydrogens (tertiary/aromatic N) is 1. The molecule has 16 heavy (non-hydrogen) atoms. The van der Waals surface area contributed by atoms with E-state index in [9.17, 15) is 8.42 Å². The minimum absolute atomic E-state index is 0.0148. The molecule has 1 aromatic heterocycles. The number of nitrogens with one attached hydrogen (secondary N) is 1. The number of pyridine rings is 1. The van der Waals surface area contributed by atoms with Crippen LogP contribution in [0.25, 0.3) is 0 Å². The molecule has 0 aromatic carbocycles. The van der Waals surface area contributed by atoms with Crippen molar-refractivity contribution in [2.45, 2.75) is 17.7 Å². The molecule has 0 spiro atoms. The van der Waals surface area contributed by atoms with Gasteiger partial charge in [-0.2, -0.15) is 0 Å². The third kappa shape index (κ3) is 3.44. The molecule has 1 rings (SSSR count).